The highest BCUT2D eigenvalue weighted by Gasteiger charge is 2.25. The lowest BCUT2D eigenvalue weighted by Gasteiger charge is -2.30. The summed E-state index contributed by atoms with van der Waals surface area (Å²) in [5.74, 6) is 0.101. The van der Waals surface area contributed by atoms with E-state index in [4.69, 9.17) is 11.6 Å². The first-order chi connectivity index (χ1) is 13.5. The van der Waals surface area contributed by atoms with E-state index in [1.165, 1.54) is 23.6 Å². The topological polar surface area (TPSA) is 40.6 Å². The van der Waals surface area contributed by atoms with Crippen molar-refractivity contribution in [2.45, 2.75) is 36.5 Å². The molecule has 152 valence electrons. The van der Waals surface area contributed by atoms with E-state index in [1.807, 2.05) is 24.3 Å². The highest BCUT2D eigenvalue weighted by atomic mass is 35.5. The Morgan fingerprint density at radius 2 is 1.75 bits per heavy atom. The Morgan fingerprint density at radius 3 is 2.43 bits per heavy atom. The van der Waals surface area contributed by atoms with E-state index in [0.717, 1.165) is 31.6 Å². The smallest absolute Gasteiger partial charge is 0.242 e. The molecule has 0 unspecified atom stereocenters. The standard InChI is InChI=1S/C22H29ClN2O2S/c1-24(28(26,27)22-11-4-2-5-12-22)18-20(19-9-8-10-21(23)17-19)13-16-25-14-6-3-7-15-25/h2,4-5,8-12,17,20H,3,6-7,13-16,18H2,1H3/t20-/m1/s1. The third-order valence-electron chi connectivity index (χ3n) is 5.49. The molecule has 0 saturated carbocycles. The second-order valence-corrected chi connectivity index (χ2v) is 10.0. The summed E-state index contributed by atoms with van der Waals surface area (Å²) in [5.41, 5.74) is 1.10. The van der Waals surface area contributed by atoms with Gasteiger partial charge in [0.1, 0.15) is 0 Å². The van der Waals surface area contributed by atoms with Crippen LogP contribution in [0.5, 0.6) is 0 Å². The van der Waals surface area contributed by atoms with Gasteiger partial charge in [0.25, 0.3) is 0 Å². The van der Waals surface area contributed by atoms with Crippen molar-refractivity contribution < 1.29 is 8.42 Å². The first-order valence-electron chi connectivity index (χ1n) is 9.96. The van der Waals surface area contributed by atoms with Gasteiger partial charge in [-0.25, -0.2) is 12.7 Å². The molecule has 1 aliphatic heterocycles. The maximum absolute atomic E-state index is 13.0. The van der Waals surface area contributed by atoms with Crippen molar-refractivity contribution >= 4 is 21.6 Å². The largest absolute Gasteiger partial charge is 0.303 e. The molecule has 0 amide bonds. The predicted molar refractivity (Wildman–Crippen MR) is 115 cm³/mol. The van der Waals surface area contributed by atoms with Crippen LogP contribution in [0.4, 0.5) is 0 Å². The SMILES string of the molecule is CN(C[C@@H](CCN1CCCCC1)c1cccc(Cl)c1)S(=O)(=O)c1ccccc1. The summed E-state index contributed by atoms with van der Waals surface area (Å²) in [7, 11) is -1.84. The summed E-state index contributed by atoms with van der Waals surface area (Å²) in [4.78, 5) is 2.82. The van der Waals surface area contributed by atoms with Gasteiger partial charge in [-0.15, -0.1) is 0 Å². The first kappa shape index (κ1) is 21.3. The van der Waals surface area contributed by atoms with Gasteiger partial charge in [0.15, 0.2) is 0 Å². The predicted octanol–water partition coefficient (Wildman–Crippen LogP) is 4.62. The minimum atomic E-state index is -3.51. The normalized spacial score (nSPS) is 17.0. The van der Waals surface area contributed by atoms with Crippen LogP contribution in [-0.2, 0) is 10.0 Å². The highest BCUT2D eigenvalue weighted by molar-refractivity contribution is 7.89. The molecule has 28 heavy (non-hydrogen) atoms. The molecule has 0 aliphatic carbocycles. The Labute approximate surface area is 174 Å². The molecule has 1 heterocycles. The second-order valence-electron chi connectivity index (χ2n) is 7.54. The van der Waals surface area contributed by atoms with Gasteiger partial charge < -0.3 is 4.90 Å². The minimum Gasteiger partial charge on any atom is -0.303 e. The number of sulfonamides is 1. The second kappa shape index (κ2) is 9.88. The Hall–Kier alpha value is -1.40. The summed E-state index contributed by atoms with van der Waals surface area (Å²) >= 11 is 6.22. The third kappa shape index (κ3) is 5.57. The van der Waals surface area contributed by atoms with Gasteiger partial charge >= 0.3 is 0 Å². The Bertz CT molecular complexity index is 852. The van der Waals surface area contributed by atoms with Crippen LogP contribution in [0.3, 0.4) is 0 Å². The van der Waals surface area contributed by atoms with E-state index in [-0.39, 0.29) is 5.92 Å². The number of piperidine rings is 1. The summed E-state index contributed by atoms with van der Waals surface area (Å²) in [5, 5.41) is 0.689. The summed E-state index contributed by atoms with van der Waals surface area (Å²) in [6.45, 7) is 3.70. The Balaban J connectivity index is 1.76. The van der Waals surface area contributed by atoms with Crippen molar-refractivity contribution in [2.24, 2.45) is 0 Å². The summed E-state index contributed by atoms with van der Waals surface area (Å²) in [6, 6.07) is 16.4. The van der Waals surface area contributed by atoms with E-state index in [1.54, 1.807) is 31.3 Å². The molecule has 6 heteroatoms. The highest BCUT2D eigenvalue weighted by Crippen LogP contribution is 2.26. The summed E-state index contributed by atoms with van der Waals surface area (Å²) in [6.07, 6.45) is 4.73. The number of hydrogen-bond donors (Lipinski definition) is 0. The fourth-order valence-electron chi connectivity index (χ4n) is 3.83. The lowest BCUT2D eigenvalue weighted by Crippen LogP contribution is -2.34. The third-order valence-corrected chi connectivity index (χ3v) is 7.56. The van der Waals surface area contributed by atoms with Crippen LogP contribution in [-0.4, -0.2) is 50.8 Å². The molecule has 1 saturated heterocycles. The number of likely N-dealkylation sites (N-methyl/N-ethyl adjacent to an activating group) is 1. The molecule has 1 aliphatic rings. The van der Waals surface area contributed by atoms with Crippen LogP contribution in [0.1, 0.15) is 37.2 Å². The van der Waals surface area contributed by atoms with Crippen molar-refractivity contribution in [2.75, 3.05) is 33.2 Å². The van der Waals surface area contributed by atoms with Crippen molar-refractivity contribution in [3.8, 4) is 0 Å². The molecule has 1 atom stereocenters. The molecular weight excluding hydrogens is 392 g/mol. The summed E-state index contributed by atoms with van der Waals surface area (Å²) < 4.78 is 27.4. The maximum atomic E-state index is 13.0. The molecule has 2 aromatic carbocycles. The number of rotatable bonds is 8. The van der Waals surface area contributed by atoms with Gasteiger partial charge in [0, 0.05) is 18.6 Å². The molecule has 0 radical (unpaired) electrons. The van der Waals surface area contributed by atoms with Crippen LogP contribution in [0.15, 0.2) is 59.5 Å². The number of likely N-dealkylation sites (tertiary alicyclic amines) is 1. The minimum absolute atomic E-state index is 0.101. The van der Waals surface area contributed by atoms with Gasteiger partial charge in [-0.1, -0.05) is 48.4 Å². The number of hydrogen-bond acceptors (Lipinski definition) is 3. The molecule has 0 aromatic heterocycles. The van der Waals surface area contributed by atoms with E-state index in [9.17, 15) is 8.42 Å². The lowest BCUT2D eigenvalue weighted by atomic mass is 9.95. The molecular formula is C22H29ClN2O2S. The molecule has 2 aromatic rings. The van der Waals surface area contributed by atoms with Crippen molar-refractivity contribution in [3.05, 3.63) is 65.2 Å². The zero-order chi connectivity index (χ0) is 20.0. The molecule has 0 spiro atoms. The van der Waals surface area contributed by atoms with Gasteiger partial charge in [-0.05, 0) is 74.6 Å². The molecule has 3 rings (SSSR count). The quantitative estimate of drug-likeness (QED) is 0.625. The number of halogens is 1. The number of nitrogens with zero attached hydrogens (tertiary/aromatic N) is 2. The van der Waals surface area contributed by atoms with Gasteiger partial charge in [-0.3, -0.25) is 0 Å². The van der Waals surface area contributed by atoms with Crippen LogP contribution in [0.25, 0.3) is 0 Å². The zero-order valence-electron chi connectivity index (χ0n) is 16.4. The van der Waals surface area contributed by atoms with E-state index < -0.39 is 10.0 Å². The fraction of sp³-hybridized carbons (Fsp3) is 0.455. The van der Waals surface area contributed by atoms with Gasteiger partial charge in [0.2, 0.25) is 10.0 Å². The Morgan fingerprint density at radius 1 is 1.04 bits per heavy atom. The molecule has 0 bridgehead atoms. The van der Waals surface area contributed by atoms with E-state index in [0.29, 0.717) is 16.5 Å². The van der Waals surface area contributed by atoms with Gasteiger partial charge in [-0.2, -0.15) is 0 Å². The molecule has 1 fully saturated rings. The molecule has 4 nitrogen and oxygen atoms in total. The zero-order valence-corrected chi connectivity index (χ0v) is 18.0. The van der Waals surface area contributed by atoms with Crippen LogP contribution >= 0.6 is 11.6 Å². The monoisotopic (exact) mass is 420 g/mol. The number of benzene rings is 2. The molecule has 0 N–H and O–H groups in total. The van der Waals surface area contributed by atoms with Crippen molar-refractivity contribution in [1.29, 1.82) is 0 Å². The van der Waals surface area contributed by atoms with Crippen LogP contribution in [0.2, 0.25) is 5.02 Å². The average molecular weight is 421 g/mol. The fourth-order valence-corrected chi connectivity index (χ4v) is 5.26. The maximum Gasteiger partial charge on any atom is 0.242 e. The average Bonchev–Trinajstić information content (AvgIpc) is 2.72. The van der Waals surface area contributed by atoms with E-state index >= 15 is 0 Å². The van der Waals surface area contributed by atoms with Crippen molar-refractivity contribution in [3.63, 3.8) is 0 Å². The van der Waals surface area contributed by atoms with Crippen LogP contribution in [0, 0.1) is 0 Å². The Kier molecular flexibility index (Phi) is 7.52. The first-order valence-corrected chi connectivity index (χ1v) is 11.8. The van der Waals surface area contributed by atoms with E-state index in [2.05, 4.69) is 11.0 Å². The van der Waals surface area contributed by atoms with Gasteiger partial charge in [0.05, 0.1) is 4.90 Å². The van der Waals surface area contributed by atoms with Crippen molar-refractivity contribution in [1.82, 2.24) is 9.21 Å². The van der Waals surface area contributed by atoms with Crippen LogP contribution < -0.4 is 0 Å². The lowest BCUT2D eigenvalue weighted by molar-refractivity contribution is 0.218.